The Bertz CT molecular complexity index is 674. The van der Waals surface area contributed by atoms with Crippen LogP contribution in [-0.4, -0.2) is 45.4 Å². The Kier molecular flexibility index (Phi) is 7.84. The molecule has 1 aromatic carbocycles. The number of rotatable bonds is 9. The molecule has 154 valence electrons. The summed E-state index contributed by atoms with van der Waals surface area (Å²) in [5.41, 5.74) is 1.30. The van der Waals surface area contributed by atoms with Crippen LogP contribution in [0.3, 0.4) is 0 Å². The van der Waals surface area contributed by atoms with Gasteiger partial charge in [0.1, 0.15) is 5.76 Å². The second-order valence-corrected chi connectivity index (χ2v) is 8.04. The van der Waals surface area contributed by atoms with Crippen LogP contribution in [-0.2, 0) is 11.2 Å². The maximum absolute atomic E-state index is 5.95. The molecular formula is C24H35NO3. The SMILES string of the molecule is COc1ccc(CCN2CCC(CCOC3=CCC(C)C=C3)CC2)cc1OC. The second-order valence-electron chi connectivity index (χ2n) is 8.04. The van der Waals surface area contributed by atoms with Gasteiger partial charge < -0.3 is 19.1 Å². The number of hydrogen-bond donors (Lipinski definition) is 0. The van der Waals surface area contributed by atoms with Gasteiger partial charge in [-0.2, -0.15) is 0 Å². The number of ether oxygens (including phenoxy) is 3. The summed E-state index contributed by atoms with van der Waals surface area (Å²) < 4.78 is 16.7. The molecule has 1 saturated heterocycles. The van der Waals surface area contributed by atoms with Crippen LogP contribution in [0.2, 0.25) is 0 Å². The fourth-order valence-corrected chi connectivity index (χ4v) is 3.98. The van der Waals surface area contributed by atoms with Crippen LogP contribution in [0.5, 0.6) is 11.5 Å². The van der Waals surface area contributed by atoms with Crippen LogP contribution in [0.25, 0.3) is 0 Å². The molecule has 2 aliphatic rings. The monoisotopic (exact) mass is 385 g/mol. The van der Waals surface area contributed by atoms with E-state index in [1.54, 1.807) is 14.2 Å². The largest absolute Gasteiger partial charge is 0.494 e. The average Bonchev–Trinajstić information content (AvgIpc) is 2.74. The standard InChI is InChI=1S/C24H35NO3/c1-19-4-7-22(8-5-19)28-17-13-20-10-14-25(15-11-20)16-12-21-6-9-23(26-2)24(18-21)27-3/h4,6-9,18-20H,5,10-17H2,1-3H3. The Morgan fingerprint density at radius 1 is 1.07 bits per heavy atom. The fraction of sp³-hybridized carbons (Fsp3) is 0.583. The normalized spacial score (nSPS) is 20.7. The Morgan fingerprint density at radius 2 is 1.86 bits per heavy atom. The van der Waals surface area contributed by atoms with E-state index in [9.17, 15) is 0 Å². The lowest BCUT2D eigenvalue weighted by molar-refractivity contribution is 0.145. The van der Waals surface area contributed by atoms with E-state index >= 15 is 0 Å². The van der Waals surface area contributed by atoms with Crippen molar-refractivity contribution in [3.05, 3.63) is 47.7 Å². The highest BCUT2D eigenvalue weighted by atomic mass is 16.5. The lowest BCUT2D eigenvalue weighted by Crippen LogP contribution is -2.35. The van der Waals surface area contributed by atoms with Crippen molar-refractivity contribution < 1.29 is 14.2 Å². The van der Waals surface area contributed by atoms with Gasteiger partial charge in [-0.05, 0) is 86.9 Å². The Balaban J connectivity index is 1.34. The zero-order valence-electron chi connectivity index (χ0n) is 17.7. The molecule has 1 fully saturated rings. The van der Waals surface area contributed by atoms with Crippen molar-refractivity contribution in [2.24, 2.45) is 11.8 Å². The minimum atomic E-state index is 0.649. The smallest absolute Gasteiger partial charge is 0.160 e. The maximum Gasteiger partial charge on any atom is 0.160 e. The van der Waals surface area contributed by atoms with Crippen LogP contribution < -0.4 is 9.47 Å². The van der Waals surface area contributed by atoms with Gasteiger partial charge in [-0.25, -0.2) is 0 Å². The highest BCUT2D eigenvalue weighted by Crippen LogP contribution is 2.28. The van der Waals surface area contributed by atoms with E-state index in [0.29, 0.717) is 5.92 Å². The van der Waals surface area contributed by atoms with E-state index in [0.717, 1.165) is 49.2 Å². The van der Waals surface area contributed by atoms with Gasteiger partial charge in [-0.15, -0.1) is 0 Å². The minimum absolute atomic E-state index is 0.649. The van der Waals surface area contributed by atoms with Crippen molar-refractivity contribution in [2.45, 2.75) is 39.0 Å². The molecule has 0 spiro atoms. The van der Waals surface area contributed by atoms with E-state index in [-0.39, 0.29) is 0 Å². The number of piperidine rings is 1. The highest BCUT2D eigenvalue weighted by molar-refractivity contribution is 5.42. The molecule has 0 radical (unpaired) electrons. The van der Waals surface area contributed by atoms with Crippen molar-refractivity contribution in [1.29, 1.82) is 0 Å². The lowest BCUT2D eigenvalue weighted by Gasteiger charge is -2.32. The van der Waals surface area contributed by atoms with Crippen molar-refractivity contribution in [2.75, 3.05) is 40.5 Å². The van der Waals surface area contributed by atoms with E-state index in [1.807, 2.05) is 6.07 Å². The molecular weight excluding hydrogens is 350 g/mol. The second kappa shape index (κ2) is 10.6. The summed E-state index contributed by atoms with van der Waals surface area (Å²) in [5.74, 6) is 4.12. The fourth-order valence-electron chi connectivity index (χ4n) is 3.98. The summed E-state index contributed by atoms with van der Waals surface area (Å²) in [4.78, 5) is 2.59. The molecule has 0 saturated carbocycles. The Morgan fingerprint density at radius 3 is 2.54 bits per heavy atom. The summed E-state index contributed by atoms with van der Waals surface area (Å²) >= 11 is 0. The molecule has 0 aromatic heterocycles. The summed E-state index contributed by atoms with van der Waals surface area (Å²) in [5, 5.41) is 0. The van der Waals surface area contributed by atoms with E-state index in [1.165, 1.54) is 37.9 Å². The molecule has 1 atom stereocenters. The van der Waals surface area contributed by atoms with Gasteiger partial charge >= 0.3 is 0 Å². The highest BCUT2D eigenvalue weighted by Gasteiger charge is 2.19. The summed E-state index contributed by atoms with van der Waals surface area (Å²) in [6, 6.07) is 6.23. The number of benzene rings is 1. The van der Waals surface area contributed by atoms with Crippen molar-refractivity contribution in [1.82, 2.24) is 4.90 Å². The van der Waals surface area contributed by atoms with Crippen LogP contribution in [0.15, 0.2) is 42.2 Å². The quantitative estimate of drug-likeness (QED) is 0.608. The number of likely N-dealkylation sites (tertiary alicyclic amines) is 1. The molecule has 4 nitrogen and oxygen atoms in total. The van der Waals surface area contributed by atoms with Crippen LogP contribution in [0, 0.1) is 11.8 Å². The number of hydrogen-bond acceptors (Lipinski definition) is 4. The third-order valence-corrected chi connectivity index (χ3v) is 5.95. The zero-order valence-corrected chi connectivity index (χ0v) is 17.7. The van der Waals surface area contributed by atoms with Gasteiger partial charge in [0, 0.05) is 6.54 Å². The first kappa shape index (κ1) is 20.8. The molecule has 1 aliphatic carbocycles. The van der Waals surface area contributed by atoms with E-state index in [2.05, 4.69) is 42.2 Å². The van der Waals surface area contributed by atoms with Crippen LogP contribution >= 0.6 is 0 Å². The Hall–Kier alpha value is -1.94. The molecule has 3 rings (SSSR count). The van der Waals surface area contributed by atoms with Crippen LogP contribution in [0.4, 0.5) is 0 Å². The van der Waals surface area contributed by atoms with Gasteiger partial charge in [0.15, 0.2) is 11.5 Å². The minimum Gasteiger partial charge on any atom is -0.494 e. The van der Waals surface area contributed by atoms with Crippen molar-refractivity contribution in [3.63, 3.8) is 0 Å². The predicted molar refractivity (Wildman–Crippen MR) is 114 cm³/mol. The molecule has 0 bridgehead atoms. The van der Waals surface area contributed by atoms with Gasteiger partial charge in [-0.1, -0.05) is 19.1 Å². The van der Waals surface area contributed by atoms with Gasteiger partial charge in [0.25, 0.3) is 0 Å². The van der Waals surface area contributed by atoms with Crippen LogP contribution in [0.1, 0.15) is 38.2 Å². The average molecular weight is 386 g/mol. The van der Waals surface area contributed by atoms with Crippen molar-refractivity contribution in [3.8, 4) is 11.5 Å². The third kappa shape index (κ3) is 6.03. The third-order valence-electron chi connectivity index (χ3n) is 5.95. The summed E-state index contributed by atoms with van der Waals surface area (Å²) in [7, 11) is 3.37. The molecule has 1 aliphatic heterocycles. The zero-order chi connectivity index (χ0) is 19.8. The molecule has 1 aromatic rings. The van der Waals surface area contributed by atoms with Gasteiger partial charge in [0.05, 0.1) is 20.8 Å². The van der Waals surface area contributed by atoms with Gasteiger partial charge in [0.2, 0.25) is 0 Å². The predicted octanol–water partition coefficient (Wildman–Crippen LogP) is 4.84. The molecule has 0 amide bonds. The van der Waals surface area contributed by atoms with Gasteiger partial charge in [-0.3, -0.25) is 0 Å². The van der Waals surface area contributed by atoms with E-state index < -0.39 is 0 Å². The number of nitrogens with zero attached hydrogens (tertiary/aromatic N) is 1. The molecule has 1 heterocycles. The maximum atomic E-state index is 5.95. The summed E-state index contributed by atoms with van der Waals surface area (Å²) in [6.07, 6.45) is 12.5. The summed E-state index contributed by atoms with van der Waals surface area (Å²) in [6.45, 7) is 6.58. The van der Waals surface area contributed by atoms with Crippen molar-refractivity contribution >= 4 is 0 Å². The lowest BCUT2D eigenvalue weighted by atomic mass is 9.93. The molecule has 28 heavy (non-hydrogen) atoms. The number of allylic oxidation sites excluding steroid dienone is 3. The topological polar surface area (TPSA) is 30.9 Å². The molecule has 4 heteroatoms. The number of methoxy groups -OCH3 is 2. The molecule has 1 unspecified atom stereocenters. The first-order valence-corrected chi connectivity index (χ1v) is 10.6. The first-order chi connectivity index (χ1) is 13.7. The Labute approximate surface area is 170 Å². The van der Waals surface area contributed by atoms with E-state index in [4.69, 9.17) is 14.2 Å². The molecule has 0 N–H and O–H groups in total. The first-order valence-electron chi connectivity index (χ1n) is 10.6.